The first-order valence-corrected chi connectivity index (χ1v) is 8.22. The third-order valence-electron chi connectivity index (χ3n) is 4.04. The van der Waals surface area contributed by atoms with Gasteiger partial charge < -0.3 is 10.3 Å². The van der Waals surface area contributed by atoms with E-state index in [0.29, 0.717) is 0 Å². The second-order valence-corrected chi connectivity index (χ2v) is 5.80. The minimum Gasteiger partial charge on any atom is -0.381 e. The van der Waals surface area contributed by atoms with E-state index < -0.39 is 0 Å². The second-order valence-electron chi connectivity index (χ2n) is 5.80. The zero-order valence-corrected chi connectivity index (χ0v) is 13.7. The van der Waals surface area contributed by atoms with Gasteiger partial charge in [-0.1, -0.05) is 48.5 Å². The molecule has 4 rings (SSSR count). The van der Waals surface area contributed by atoms with Gasteiger partial charge in [0.1, 0.15) is 5.82 Å². The highest BCUT2D eigenvalue weighted by Gasteiger charge is 2.05. The van der Waals surface area contributed by atoms with Crippen molar-refractivity contribution >= 4 is 5.69 Å². The molecule has 2 aromatic carbocycles. The Hall–Kier alpha value is -3.40. The molecule has 4 heteroatoms. The highest BCUT2D eigenvalue weighted by molar-refractivity contribution is 5.66. The molecule has 0 aliphatic carbocycles. The van der Waals surface area contributed by atoms with Crippen LogP contribution >= 0.6 is 0 Å². The maximum Gasteiger partial charge on any atom is 0.137 e. The van der Waals surface area contributed by atoms with Gasteiger partial charge in [-0.05, 0) is 29.3 Å². The van der Waals surface area contributed by atoms with E-state index in [1.54, 1.807) is 6.20 Å². The summed E-state index contributed by atoms with van der Waals surface area (Å²) in [6, 6.07) is 22.5. The fourth-order valence-corrected chi connectivity index (χ4v) is 2.69. The highest BCUT2D eigenvalue weighted by Crippen LogP contribution is 2.23. The van der Waals surface area contributed by atoms with Crippen LogP contribution in [-0.4, -0.2) is 15.0 Å². The molecular weight excluding hydrogens is 308 g/mol. The van der Waals surface area contributed by atoms with Gasteiger partial charge in [0.15, 0.2) is 0 Å². The zero-order chi connectivity index (χ0) is 16.9. The number of imidazole rings is 1. The summed E-state index contributed by atoms with van der Waals surface area (Å²) in [5.74, 6) is 0.884. The molecule has 0 radical (unpaired) electrons. The van der Waals surface area contributed by atoms with Crippen LogP contribution in [0.15, 0.2) is 85.3 Å². The molecule has 0 aliphatic heterocycles. The van der Waals surface area contributed by atoms with Crippen LogP contribution in [0.25, 0.3) is 22.6 Å². The molecule has 122 valence electrons. The predicted octanol–water partition coefficient (Wildman–Crippen LogP) is 4.75. The Morgan fingerprint density at radius 1 is 0.800 bits per heavy atom. The lowest BCUT2D eigenvalue weighted by atomic mass is 10.1. The summed E-state index contributed by atoms with van der Waals surface area (Å²) < 4.78 is 0. The minimum absolute atomic E-state index is 0.759. The molecule has 4 nitrogen and oxygen atoms in total. The lowest BCUT2D eigenvalue weighted by molar-refractivity contribution is 1.11. The number of benzene rings is 2. The molecule has 2 aromatic heterocycles. The second kappa shape index (κ2) is 7.01. The molecule has 2 heterocycles. The maximum atomic E-state index is 4.48. The van der Waals surface area contributed by atoms with E-state index in [4.69, 9.17) is 0 Å². The molecular formula is C21H18N4. The van der Waals surface area contributed by atoms with E-state index in [0.717, 1.165) is 40.4 Å². The molecule has 0 saturated heterocycles. The van der Waals surface area contributed by atoms with E-state index in [1.807, 2.05) is 48.8 Å². The van der Waals surface area contributed by atoms with Gasteiger partial charge >= 0.3 is 0 Å². The smallest absolute Gasteiger partial charge is 0.137 e. The molecule has 0 spiro atoms. The van der Waals surface area contributed by atoms with Gasteiger partial charge in [-0.25, -0.2) is 4.98 Å². The van der Waals surface area contributed by atoms with E-state index in [1.165, 1.54) is 0 Å². The molecule has 0 fully saturated rings. The Labute approximate surface area is 146 Å². The van der Waals surface area contributed by atoms with E-state index in [2.05, 4.69) is 50.6 Å². The fourth-order valence-electron chi connectivity index (χ4n) is 2.69. The van der Waals surface area contributed by atoms with Crippen LogP contribution in [0.1, 0.15) is 5.56 Å². The van der Waals surface area contributed by atoms with Crippen LogP contribution in [0.5, 0.6) is 0 Å². The van der Waals surface area contributed by atoms with Gasteiger partial charge in [0.25, 0.3) is 0 Å². The topological polar surface area (TPSA) is 53.6 Å². The van der Waals surface area contributed by atoms with Crippen molar-refractivity contribution < 1.29 is 0 Å². The quantitative estimate of drug-likeness (QED) is 0.556. The van der Waals surface area contributed by atoms with Crippen molar-refractivity contribution in [1.29, 1.82) is 0 Å². The molecule has 4 aromatic rings. The average molecular weight is 326 g/mol. The Kier molecular flexibility index (Phi) is 4.25. The summed E-state index contributed by atoms with van der Waals surface area (Å²) in [5, 5.41) is 3.40. The summed E-state index contributed by atoms with van der Waals surface area (Å²) in [6.45, 7) is 0.759. The summed E-state index contributed by atoms with van der Waals surface area (Å²) in [5.41, 5.74) is 5.45. The van der Waals surface area contributed by atoms with Gasteiger partial charge in [0, 0.05) is 30.2 Å². The van der Waals surface area contributed by atoms with Gasteiger partial charge in [0.05, 0.1) is 11.9 Å². The third kappa shape index (κ3) is 3.58. The van der Waals surface area contributed by atoms with Gasteiger partial charge in [0.2, 0.25) is 0 Å². The number of nitrogens with one attached hydrogen (secondary N) is 2. The number of rotatable bonds is 5. The molecule has 0 aliphatic rings. The van der Waals surface area contributed by atoms with Crippen LogP contribution < -0.4 is 5.32 Å². The lowest BCUT2D eigenvalue weighted by Crippen LogP contribution is -1.99. The standard InChI is InChI=1S/C21H18N4/c1-2-6-18(7-3-1)21-24-15-20(25-21)17-8-10-19(11-9-17)23-14-16-5-4-12-22-13-16/h1-13,15,23H,14H2,(H,24,25). The molecule has 0 bridgehead atoms. The molecule has 0 saturated carbocycles. The van der Waals surface area contributed by atoms with Crippen molar-refractivity contribution in [2.45, 2.75) is 6.54 Å². The minimum atomic E-state index is 0.759. The number of anilines is 1. The molecule has 2 N–H and O–H groups in total. The Bertz CT molecular complexity index is 929. The van der Waals surface area contributed by atoms with Crippen molar-refractivity contribution in [2.24, 2.45) is 0 Å². The van der Waals surface area contributed by atoms with E-state index >= 15 is 0 Å². The first-order valence-electron chi connectivity index (χ1n) is 8.22. The van der Waals surface area contributed by atoms with Crippen LogP contribution in [-0.2, 0) is 6.54 Å². The van der Waals surface area contributed by atoms with Gasteiger partial charge in [-0.15, -0.1) is 0 Å². The normalized spacial score (nSPS) is 10.6. The molecule has 0 atom stereocenters. The SMILES string of the molecule is c1ccc(-c2ncc(-c3ccc(NCc4cccnc4)cc3)[nH]2)cc1. The number of nitrogens with zero attached hydrogens (tertiary/aromatic N) is 2. The van der Waals surface area contributed by atoms with Gasteiger partial charge in [-0.2, -0.15) is 0 Å². The summed E-state index contributed by atoms with van der Waals surface area (Å²) >= 11 is 0. The largest absolute Gasteiger partial charge is 0.381 e. The van der Waals surface area contributed by atoms with Crippen LogP contribution in [0.3, 0.4) is 0 Å². The van der Waals surface area contributed by atoms with Crippen LogP contribution in [0.4, 0.5) is 5.69 Å². The van der Waals surface area contributed by atoms with Crippen molar-refractivity contribution in [3.8, 4) is 22.6 Å². The third-order valence-corrected chi connectivity index (χ3v) is 4.04. The number of aromatic amines is 1. The number of pyridine rings is 1. The van der Waals surface area contributed by atoms with Crippen molar-refractivity contribution in [2.75, 3.05) is 5.32 Å². The molecule has 0 amide bonds. The van der Waals surface area contributed by atoms with Crippen molar-refractivity contribution in [3.05, 3.63) is 90.9 Å². The number of hydrogen-bond acceptors (Lipinski definition) is 3. The van der Waals surface area contributed by atoms with Gasteiger partial charge in [-0.3, -0.25) is 4.98 Å². The zero-order valence-electron chi connectivity index (χ0n) is 13.7. The molecule has 25 heavy (non-hydrogen) atoms. The van der Waals surface area contributed by atoms with Crippen LogP contribution in [0.2, 0.25) is 0 Å². The monoisotopic (exact) mass is 326 g/mol. The first kappa shape index (κ1) is 15.1. The first-order chi connectivity index (χ1) is 12.4. The summed E-state index contributed by atoms with van der Waals surface area (Å²) in [4.78, 5) is 12.0. The van der Waals surface area contributed by atoms with Crippen LogP contribution in [0, 0.1) is 0 Å². The number of hydrogen-bond donors (Lipinski definition) is 2. The maximum absolute atomic E-state index is 4.48. The van der Waals surface area contributed by atoms with Crippen molar-refractivity contribution in [1.82, 2.24) is 15.0 Å². The highest BCUT2D eigenvalue weighted by atomic mass is 14.9. The van der Waals surface area contributed by atoms with E-state index in [-0.39, 0.29) is 0 Å². The van der Waals surface area contributed by atoms with Crippen molar-refractivity contribution in [3.63, 3.8) is 0 Å². The Morgan fingerprint density at radius 2 is 1.64 bits per heavy atom. The average Bonchev–Trinajstić information content (AvgIpc) is 3.19. The Morgan fingerprint density at radius 3 is 2.40 bits per heavy atom. The Balaban J connectivity index is 1.46. The molecule has 0 unspecified atom stereocenters. The summed E-state index contributed by atoms with van der Waals surface area (Å²) in [6.07, 6.45) is 5.53. The number of aromatic nitrogens is 3. The fraction of sp³-hybridized carbons (Fsp3) is 0.0476. The lowest BCUT2D eigenvalue weighted by Gasteiger charge is -2.07. The van der Waals surface area contributed by atoms with E-state index in [9.17, 15) is 0 Å². The predicted molar refractivity (Wildman–Crippen MR) is 101 cm³/mol. The number of H-pyrrole nitrogens is 1. The summed E-state index contributed by atoms with van der Waals surface area (Å²) in [7, 11) is 0.